The van der Waals surface area contributed by atoms with Gasteiger partial charge in [-0.05, 0) is 136 Å². The van der Waals surface area contributed by atoms with Crippen LogP contribution in [0.3, 0.4) is 0 Å². The fourth-order valence-corrected chi connectivity index (χ4v) is 15.3. The predicted molar refractivity (Wildman–Crippen MR) is 252 cm³/mol. The minimum Gasteiger partial charge on any atom is -0.483 e. The molecule has 4 fully saturated rings. The molecule has 4 aliphatic carbocycles. The molecule has 2 aromatic carbocycles. The Kier molecular flexibility index (Phi) is 10.1. The number of hydrogen-bond acceptors (Lipinski definition) is 3. The lowest BCUT2D eigenvalue weighted by molar-refractivity contribution is -0.00889. The summed E-state index contributed by atoms with van der Waals surface area (Å²) in [6, 6.07) is 10.0. The van der Waals surface area contributed by atoms with Gasteiger partial charge in [-0.15, -0.1) is 0 Å². The summed E-state index contributed by atoms with van der Waals surface area (Å²) in [6.45, 7) is 52.0. The normalized spacial score (nSPS) is 31.1. The van der Waals surface area contributed by atoms with E-state index in [1.807, 2.05) is 0 Å². The van der Waals surface area contributed by atoms with E-state index in [4.69, 9.17) is 19.9 Å². The number of hydrogen-bond donors (Lipinski definition) is 0. The first kappa shape index (κ1) is 44.3. The average molecular weight is 819 g/mol. The van der Waals surface area contributed by atoms with E-state index in [9.17, 15) is 0 Å². The predicted octanol–water partition coefficient (Wildman–Crippen LogP) is 15.7. The minimum absolute atomic E-state index is 0.102. The number of allylic oxidation sites excluding steroid dienone is 4. The second-order valence-electron chi connectivity index (χ2n) is 26.5. The Morgan fingerprint density at radius 3 is 1.31 bits per heavy atom. The van der Waals surface area contributed by atoms with E-state index in [1.165, 1.54) is 63.8 Å². The third-order valence-corrected chi connectivity index (χ3v) is 18.9. The molecule has 3 heterocycles. The maximum absolute atomic E-state index is 8.32. The van der Waals surface area contributed by atoms with Crippen molar-refractivity contribution in [1.29, 1.82) is 0 Å². The molecule has 0 spiro atoms. The van der Waals surface area contributed by atoms with E-state index < -0.39 is 14.2 Å². The van der Waals surface area contributed by atoms with Crippen LogP contribution in [0.1, 0.15) is 210 Å². The lowest BCUT2D eigenvalue weighted by Gasteiger charge is -2.61. The largest absolute Gasteiger partial charge is 0.706 e. The van der Waals surface area contributed by atoms with Gasteiger partial charge in [0.05, 0.1) is 10.5 Å². The van der Waals surface area contributed by atoms with Crippen LogP contribution in [-0.4, -0.2) is 8.80 Å². The quantitative estimate of drug-likeness (QED) is 0.283. The molecule has 3 aliphatic heterocycles. The Morgan fingerprint density at radius 1 is 0.593 bits per heavy atom. The summed E-state index contributed by atoms with van der Waals surface area (Å²) < 4.78 is 25.0. The van der Waals surface area contributed by atoms with E-state index in [0.29, 0.717) is 17.8 Å². The molecule has 0 amide bonds. The van der Waals surface area contributed by atoms with Crippen molar-refractivity contribution in [3.63, 3.8) is 0 Å². The van der Waals surface area contributed by atoms with E-state index in [0.717, 1.165) is 42.1 Å². The maximum atomic E-state index is 8.32. The molecule has 0 radical (unpaired) electrons. The van der Waals surface area contributed by atoms with E-state index in [2.05, 4.69) is 169 Å². The van der Waals surface area contributed by atoms with Gasteiger partial charge in [-0.3, -0.25) is 0 Å². The monoisotopic (exact) mass is 819 g/mol. The van der Waals surface area contributed by atoms with Gasteiger partial charge in [0.15, 0.2) is 0 Å². The molecule has 4 saturated carbocycles. The third kappa shape index (κ3) is 7.33. The van der Waals surface area contributed by atoms with Crippen molar-refractivity contribution in [2.24, 2.45) is 28.6 Å². The van der Waals surface area contributed by atoms with Gasteiger partial charge in [0.25, 0.3) is 0 Å². The van der Waals surface area contributed by atoms with Gasteiger partial charge < -0.3 is 13.3 Å². The van der Waals surface area contributed by atoms with E-state index in [-0.39, 0.29) is 37.5 Å². The Balaban J connectivity index is 1.82. The van der Waals surface area contributed by atoms with Gasteiger partial charge in [0.2, 0.25) is 0 Å². The first-order valence-corrected chi connectivity index (χ1v) is 24.9. The lowest BCUT2D eigenvalue weighted by Crippen LogP contribution is -2.67. The van der Waals surface area contributed by atoms with Crippen LogP contribution < -0.4 is 8.85 Å². The van der Waals surface area contributed by atoms with Crippen LogP contribution in [-0.2, 0) is 31.5 Å². The zero-order valence-corrected chi connectivity index (χ0v) is 42.3. The highest BCUT2D eigenvalue weighted by Gasteiger charge is 2.75. The lowest BCUT2D eigenvalue weighted by atomic mass is 9.56. The van der Waals surface area contributed by atoms with Gasteiger partial charge in [0.1, 0.15) is 17.3 Å². The summed E-state index contributed by atoms with van der Waals surface area (Å²) in [6.07, 6.45) is 9.78. The van der Waals surface area contributed by atoms with Crippen LogP contribution in [0, 0.1) is 28.6 Å². The molecule has 2 aromatic rings. The molecule has 3 nitrogen and oxygen atoms in total. The van der Waals surface area contributed by atoms with Crippen LogP contribution in [0.5, 0.6) is 11.5 Å². The van der Waals surface area contributed by atoms with Crippen molar-refractivity contribution in [3.8, 4) is 11.5 Å². The maximum Gasteiger partial charge on any atom is 0.706 e. The molecule has 0 N–H and O–H groups in total. The van der Waals surface area contributed by atoms with Crippen LogP contribution in [0.15, 0.2) is 59.4 Å². The standard InChI is InChI=1S/C55H82O3Si/c1-33(48(3,4)5)22-42-45(34(2)49(6,7)8)56-59(55-30-35-23-36(31-55)25-37(24-35)32-55)57-46-40(52(15,16)17)26-38(50(9,10)11)28-43(46)54(42,21)44-29-39(51(12,13)14)27-41(47(44)58-59)53(18,19)20/h22,26-29,35-37H,1,23-25,30-32H2,2-21H3/b42-22+,45-34-. The van der Waals surface area contributed by atoms with Crippen molar-refractivity contribution in [2.45, 2.75) is 209 Å². The topological polar surface area (TPSA) is 27.7 Å². The van der Waals surface area contributed by atoms with Crippen LogP contribution >= 0.6 is 0 Å². The van der Waals surface area contributed by atoms with Gasteiger partial charge in [-0.2, -0.15) is 0 Å². The Bertz CT molecular complexity index is 1990. The van der Waals surface area contributed by atoms with Crippen molar-refractivity contribution < 1.29 is 13.3 Å². The van der Waals surface area contributed by atoms with Crippen LogP contribution in [0.25, 0.3) is 0 Å². The van der Waals surface area contributed by atoms with Gasteiger partial charge in [-0.1, -0.05) is 162 Å². The molecule has 6 bridgehead atoms. The van der Waals surface area contributed by atoms with Crippen molar-refractivity contribution >= 4 is 8.80 Å². The fourth-order valence-electron chi connectivity index (χ4n) is 11.4. The molecule has 0 unspecified atom stereocenters. The first-order valence-electron chi connectivity index (χ1n) is 23.2. The average Bonchev–Trinajstić information content (AvgIpc) is 3.04. The second kappa shape index (κ2) is 13.4. The molecular formula is C55H82O3Si. The van der Waals surface area contributed by atoms with Crippen molar-refractivity contribution in [3.05, 3.63) is 92.8 Å². The van der Waals surface area contributed by atoms with Crippen molar-refractivity contribution in [1.82, 2.24) is 0 Å². The summed E-state index contributed by atoms with van der Waals surface area (Å²) in [5.74, 6) is 5.02. The third-order valence-electron chi connectivity index (χ3n) is 15.5. The van der Waals surface area contributed by atoms with Gasteiger partial charge in [0, 0.05) is 16.7 Å². The number of fused-ring (bicyclic) bond motifs is 2. The number of benzene rings is 2. The smallest absolute Gasteiger partial charge is 0.483 e. The van der Waals surface area contributed by atoms with Gasteiger partial charge >= 0.3 is 8.80 Å². The SMILES string of the molecule is C=C(/C=C1\C(=C(/C)C(C)(C)C)O[Si]2(C34CC5CC(CC(C5)C3)C4)Oc3c(C(C)(C)C)cc(C(C)(C)C)cc3C1(C)c1cc(C(C)(C)C)cc(C(C)(C)C)c1O2)C(C)(C)C. The second-order valence-corrected chi connectivity index (χ2v) is 29.3. The highest BCUT2D eigenvalue weighted by atomic mass is 28.4. The summed E-state index contributed by atoms with van der Waals surface area (Å²) in [4.78, 5) is 0. The van der Waals surface area contributed by atoms with E-state index >= 15 is 0 Å². The fraction of sp³-hybridized carbons (Fsp3) is 0.673. The summed E-state index contributed by atoms with van der Waals surface area (Å²) in [5.41, 5.74) is 9.44. The number of rotatable bonds is 2. The summed E-state index contributed by atoms with van der Waals surface area (Å²) in [5, 5.41) is -0.216. The summed E-state index contributed by atoms with van der Waals surface area (Å²) in [7, 11) is -3.83. The van der Waals surface area contributed by atoms with Crippen LogP contribution in [0.4, 0.5) is 0 Å². The molecule has 4 heteroatoms. The zero-order chi connectivity index (χ0) is 44.1. The summed E-state index contributed by atoms with van der Waals surface area (Å²) >= 11 is 0. The van der Waals surface area contributed by atoms with Gasteiger partial charge in [-0.25, -0.2) is 0 Å². The van der Waals surface area contributed by atoms with E-state index in [1.54, 1.807) is 0 Å². The Hall–Kier alpha value is -2.72. The highest BCUT2D eigenvalue weighted by Crippen LogP contribution is 2.71. The molecule has 324 valence electrons. The molecule has 7 aliphatic rings. The highest BCUT2D eigenvalue weighted by molar-refractivity contribution is 6.66. The Labute approximate surface area is 362 Å². The first-order chi connectivity index (χ1) is 26.6. The molecule has 0 aromatic heterocycles. The van der Waals surface area contributed by atoms with Crippen molar-refractivity contribution in [2.75, 3.05) is 0 Å². The Morgan fingerprint density at radius 2 is 0.983 bits per heavy atom. The molecule has 0 atom stereocenters. The molecule has 9 rings (SSSR count). The molecule has 0 saturated heterocycles. The minimum atomic E-state index is -3.83. The van der Waals surface area contributed by atoms with Crippen LogP contribution in [0.2, 0.25) is 5.04 Å². The molecule has 59 heavy (non-hydrogen) atoms. The zero-order valence-electron chi connectivity index (χ0n) is 41.3. The molecular weight excluding hydrogens is 737 g/mol.